The normalized spacial score (nSPS) is 18.9. The molecule has 2 rings (SSSR count). The molecule has 1 aromatic rings. The fraction of sp³-hybridized carbons (Fsp3) is 0.429. The van der Waals surface area contributed by atoms with Gasteiger partial charge in [0.25, 0.3) is 0 Å². The van der Waals surface area contributed by atoms with Crippen molar-refractivity contribution < 1.29 is 14.7 Å². The van der Waals surface area contributed by atoms with Gasteiger partial charge in [-0.15, -0.1) is 0 Å². The number of amides is 1. The topological polar surface area (TPSA) is 78.4 Å². The van der Waals surface area contributed by atoms with Crippen molar-refractivity contribution in [1.82, 2.24) is 5.32 Å². The molecule has 1 amide bonds. The molecule has 1 atom stereocenters. The largest absolute Gasteiger partial charge is 0.478 e. The zero-order valence-electron chi connectivity index (χ0n) is 11.3. The summed E-state index contributed by atoms with van der Waals surface area (Å²) in [4.78, 5) is 23.5. The lowest BCUT2D eigenvalue weighted by Gasteiger charge is -2.17. The third-order valence-corrected chi connectivity index (χ3v) is 3.93. The summed E-state index contributed by atoms with van der Waals surface area (Å²) in [5.41, 5.74) is -0.0286. The Morgan fingerprint density at radius 1 is 1.24 bits per heavy atom. The number of hydrogen-bond acceptors (Lipinski definition) is 3. The summed E-state index contributed by atoms with van der Waals surface area (Å²) >= 11 is 11.8. The van der Waals surface area contributed by atoms with Crippen LogP contribution in [-0.4, -0.2) is 29.6 Å². The first-order valence-electron chi connectivity index (χ1n) is 6.75. The summed E-state index contributed by atoms with van der Waals surface area (Å²) < 4.78 is 0. The lowest BCUT2D eigenvalue weighted by atomic mass is 10.1. The van der Waals surface area contributed by atoms with Gasteiger partial charge >= 0.3 is 5.97 Å². The standard InChI is InChI=1S/C14H16Cl2N2O3/c15-8-6-9(14(20)21)12(10(16)7-8)18-13(19)11-4-2-1-3-5-17-11/h6-7,11,17H,1-5H2,(H,18,19)(H,20,21). The molecular formula is C14H16Cl2N2O3. The minimum Gasteiger partial charge on any atom is -0.478 e. The number of anilines is 1. The highest BCUT2D eigenvalue weighted by atomic mass is 35.5. The second-order valence-electron chi connectivity index (χ2n) is 4.96. The SMILES string of the molecule is O=C(O)c1cc(Cl)cc(Cl)c1NC(=O)C1CCCCCN1. The molecule has 1 aliphatic heterocycles. The fourth-order valence-electron chi connectivity index (χ4n) is 2.33. The fourth-order valence-corrected chi connectivity index (χ4v) is 2.87. The maximum Gasteiger partial charge on any atom is 0.337 e. The van der Waals surface area contributed by atoms with Crippen molar-refractivity contribution in [3.05, 3.63) is 27.7 Å². The van der Waals surface area contributed by atoms with E-state index in [4.69, 9.17) is 23.2 Å². The quantitative estimate of drug-likeness (QED) is 0.795. The van der Waals surface area contributed by atoms with E-state index in [0.717, 1.165) is 32.2 Å². The Balaban J connectivity index is 2.22. The van der Waals surface area contributed by atoms with Crippen LogP contribution < -0.4 is 10.6 Å². The van der Waals surface area contributed by atoms with Gasteiger partial charge in [0.15, 0.2) is 0 Å². The van der Waals surface area contributed by atoms with Crippen molar-refractivity contribution in [3.8, 4) is 0 Å². The number of halogens is 2. The highest BCUT2D eigenvalue weighted by Gasteiger charge is 2.23. The van der Waals surface area contributed by atoms with E-state index in [1.165, 1.54) is 12.1 Å². The second-order valence-corrected chi connectivity index (χ2v) is 5.80. The van der Waals surface area contributed by atoms with Gasteiger partial charge < -0.3 is 15.7 Å². The molecule has 0 spiro atoms. The third kappa shape index (κ3) is 4.09. The van der Waals surface area contributed by atoms with Crippen LogP contribution in [0.4, 0.5) is 5.69 Å². The molecule has 0 saturated carbocycles. The number of hydrogen-bond donors (Lipinski definition) is 3. The smallest absolute Gasteiger partial charge is 0.337 e. The van der Waals surface area contributed by atoms with Crippen LogP contribution in [0.15, 0.2) is 12.1 Å². The van der Waals surface area contributed by atoms with Gasteiger partial charge in [-0.3, -0.25) is 4.79 Å². The van der Waals surface area contributed by atoms with E-state index in [9.17, 15) is 14.7 Å². The molecule has 1 aliphatic rings. The molecule has 1 aromatic carbocycles. The van der Waals surface area contributed by atoms with Gasteiger partial charge in [0.1, 0.15) is 0 Å². The number of carbonyl (C=O) groups excluding carboxylic acids is 1. The van der Waals surface area contributed by atoms with E-state index in [1.807, 2.05) is 0 Å². The van der Waals surface area contributed by atoms with Crippen molar-refractivity contribution >= 4 is 40.8 Å². The predicted molar refractivity (Wildman–Crippen MR) is 82.3 cm³/mol. The monoisotopic (exact) mass is 330 g/mol. The highest BCUT2D eigenvalue weighted by Crippen LogP contribution is 2.30. The number of nitrogens with one attached hydrogen (secondary N) is 2. The molecule has 0 bridgehead atoms. The Kier molecular flexibility index (Phi) is 5.45. The van der Waals surface area contributed by atoms with Crippen molar-refractivity contribution in [3.63, 3.8) is 0 Å². The van der Waals surface area contributed by atoms with E-state index in [2.05, 4.69) is 10.6 Å². The molecule has 21 heavy (non-hydrogen) atoms. The van der Waals surface area contributed by atoms with Crippen LogP contribution >= 0.6 is 23.2 Å². The van der Waals surface area contributed by atoms with Crippen LogP contribution in [-0.2, 0) is 4.79 Å². The van der Waals surface area contributed by atoms with Gasteiger partial charge in [-0.05, 0) is 31.5 Å². The summed E-state index contributed by atoms with van der Waals surface area (Å²) in [5.74, 6) is -1.47. The summed E-state index contributed by atoms with van der Waals surface area (Å²) in [6, 6.07) is 2.35. The van der Waals surface area contributed by atoms with Crippen LogP contribution in [0, 0.1) is 0 Å². The molecule has 1 unspecified atom stereocenters. The Morgan fingerprint density at radius 2 is 2.00 bits per heavy atom. The lowest BCUT2D eigenvalue weighted by molar-refractivity contribution is -0.118. The second kappa shape index (κ2) is 7.11. The van der Waals surface area contributed by atoms with Gasteiger partial charge in [-0.1, -0.05) is 36.0 Å². The first-order chi connectivity index (χ1) is 9.99. The number of benzene rings is 1. The van der Waals surface area contributed by atoms with Crippen LogP contribution in [0.25, 0.3) is 0 Å². The third-order valence-electron chi connectivity index (χ3n) is 3.41. The summed E-state index contributed by atoms with van der Waals surface area (Å²) in [5, 5.41) is 15.3. The molecule has 1 saturated heterocycles. The Labute approximate surface area is 132 Å². The minimum atomic E-state index is -1.19. The molecule has 1 heterocycles. The number of carboxylic acids is 1. The lowest BCUT2D eigenvalue weighted by Crippen LogP contribution is -2.40. The summed E-state index contributed by atoms with van der Waals surface area (Å²) in [6.07, 6.45) is 3.80. The van der Waals surface area contributed by atoms with Crippen molar-refractivity contribution in [2.75, 3.05) is 11.9 Å². The number of carboxylic acid groups (broad SMARTS) is 1. The molecule has 7 heteroatoms. The van der Waals surface area contributed by atoms with Gasteiger partial charge in [-0.25, -0.2) is 4.79 Å². The first-order valence-corrected chi connectivity index (χ1v) is 7.51. The Bertz CT molecular complexity index is 555. The number of aromatic carboxylic acids is 1. The maximum absolute atomic E-state index is 12.3. The highest BCUT2D eigenvalue weighted by molar-refractivity contribution is 6.37. The molecule has 3 N–H and O–H groups in total. The Morgan fingerprint density at radius 3 is 2.71 bits per heavy atom. The van der Waals surface area contributed by atoms with Gasteiger partial charge in [0, 0.05) is 5.02 Å². The van der Waals surface area contributed by atoms with E-state index in [-0.39, 0.29) is 33.2 Å². The average molecular weight is 331 g/mol. The first kappa shape index (κ1) is 16.1. The average Bonchev–Trinajstić information content (AvgIpc) is 2.70. The summed E-state index contributed by atoms with van der Waals surface area (Å²) in [7, 11) is 0. The molecular weight excluding hydrogens is 315 g/mol. The molecule has 0 aliphatic carbocycles. The van der Waals surface area contributed by atoms with E-state index >= 15 is 0 Å². The van der Waals surface area contributed by atoms with Crippen LogP contribution in [0.2, 0.25) is 10.0 Å². The zero-order valence-corrected chi connectivity index (χ0v) is 12.8. The van der Waals surface area contributed by atoms with E-state index < -0.39 is 5.97 Å². The molecule has 1 fully saturated rings. The van der Waals surface area contributed by atoms with Gasteiger partial charge in [0.2, 0.25) is 5.91 Å². The minimum absolute atomic E-state index is 0.0876. The van der Waals surface area contributed by atoms with Crippen LogP contribution in [0.1, 0.15) is 36.0 Å². The zero-order chi connectivity index (χ0) is 15.4. The van der Waals surface area contributed by atoms with Gasteiger partial charge in [0.05, 0.1) is 22.3 Å². The maximum atomic E-state index is 12.3. The van der Waals surface area contributed by atoms with Crippen LogP contribution in [0.5, 0.6) is 0 Å². The van der Waals surface area contributed by atoms with Crippen molar-refractivity contribution in [2.45, 2.75) is 31.7 Å². The van der Waals surface area contributed by atoms with E-state index in [0.29, 0.717) is 0 Å². The number of rotatable bonds is 3. The molecule has 0 radical (unpaired) electrons. The van der Waals surface area contributed by atoms with Crippen molar-refractivity contribution in [2.24, 2.45) is 0 Å². The van der Waals surface area contributed by atoms with Crippen LogP contribution in [0.3, 0.4) is 0 Å². The van der Waals surface area contributed by atoms with Gasteiger partial charge in [-0.2, -0.15) is 0 Å². The Hall–Kier alpha value is -1.30. The number of carbonyl (C=O) groups is 2. The van der Waals surface area contributed by atoms with Crippen molar-refractivity contribution in [1.29, 1.82) is 0 Å². The molecule has 0 aromatic heterocycles. The van der Waals surface area contributed by atoms with E-state index in [1.54, 1.807) is 0 Å². The molecule has 5 nitrogen and oxygen atoms in total. The predicted octanol–water partition coefficient (Wildman–Crippen LogP) is 3.16. The summed E-state index contributed by atoms with van der Waals surface area (Å²) in [6.45, 7) is 0.776. The molecule has 114 valence electrons.